The third-order valence-corrected chi connectivity index (χ3v) is 2.65. The molecule has 1 aromatic heterocycles. The van der Waals surface area contributed by atoms with Gasteiger partial charge >= 0.3 is 6.18 Å². The number of aromatic nitrogens is 1. The summed E-state index contributed by atoms with van der Waals surface area (Å²) in [6.07, 6.45) is -2.70. The molecule has 2 N–H and O–H groups in total. The van der Waals surface area contributed by atoms with Crippen LogP contribution in [-0.2, 0) is 0 Å². The van der Waals surface area contributed by atoms with E-state index in [4.69, 9.17) is 5.73 Å². The first-order valence-electron chi connectivity index (χ1n) is 5.43. The van der Waals surface area contributed by atoms with Crippen LogP contribution in [0.3, 0.4) is 0 Å². The molecule has 0 saturated heterocycles. The summed E-state index contributed by atoms with van der Waals surface area (Å²) in [5, 5.41) is 0. The molecule has 0 bridgehead atoms. The van der Waals surface area contributed by atoms with Crippen molar-refractivity contribution >= 4 is 11.5 Å². The van der Waals surface area contributed by atoms with Crippen LogP contribution in [0, 0.1) is 6.92 Å². The van der Waals surface area contributed by atoms with Crippen molar-refractivity contribution < 1.29 is 13.2 Å². The number of hydrogen-bond acceptors (Lipinski definition) is 3. The molecule has 0 unspecified atom stereocenters. The Balaban J connectivity index is 2.29. The van der Waals surface area contributed by atoms with Crippen molar-refractivity contribution in [3.8, 4) is 0 Å². The van der Waals surface area contributed by atoms with Crippen LogP contribution in [0.5, 0.6) is 0 Å². The van der Waals surface area contributed by atoms with Crippen molar-refractivity contribution in [2.24, 2.45) is 0 Å². The number of hydrogen-bond donors (Lipinski definition) is 1. The third kappa shape index (κ3) is 3.01. The first kappa shape index (κ1) is 12.0. The minimum Gasteiger partial charge on any atom is -0.396 e. The predicted octanol–water partition coefficient (Wildman–Crippen LogP) is 2.50. The molecule has 1 saturated carbocycles. The zero-order valence-electron chi connectivity index (χ0n) is 9.46. The monoisotopic (exact) mass is 245 g/mol. The molecule has 6 heteroatoms. The first-order chi connectivity index (χ1) is 7.87. The van der Waals surface area contributed by atoms with E-state index in [0.29, 0.717) is 11.4 Å². The van der Waals surface area contributed by atoms with E-state index in [1.165, 1.54) is 4.90 Å². The molecule has 2 rings (SSSR count). The molecule has 1 heterocycles. The average Bonchev–Trinajstić information content (AvgIpc) is 3.00. The Bertz CT molecular complexity index is 413. The van der Waals surface area contributed by atoms with E-state index in [1.807, 2.05) is 0 Å². The third-order valence-electron chi connectivity index (χ3n) is 2.65. The normalized spacial score (nSPS) is 16.0. The quantitative estimate of drug-likeness (QED) is 0.889. The Morgan fingerprint density at radius 1 is 1.41 bits per heavy atom. The molecule has 1 aromatic rings. The maximum atomic E-state index is 12.5. The van der Waals surface area contributed by atoms with Gasteiger partial charge in [-0.2, -0.15) is 13.2 Å². The Morgan fingerprint density at radius 3 is 2.59 bits per heavy atom. The van der Waals surface area contributed by atoms with Gasteiger partial charge in [-0.1, -0.05) is 0 Å². The SMILES string of the molecule is Cc1ccc(N)c(N(CC(F)(F)F)C2CC2)n1. The molecule has 3 nitrogen and oxygen atoms in total. The maximum absolute atomic E-state index is 12.5. The van der Waals surface area contributed by atoms with Gasteiger partial charge in [0.25, 0.3) is 0 Å². The minimum absolute atomic E-state index is 0.0757. The summed E-state index contributed by atoms with van der Waals surface area (Å²) in [5.41, 5.74) is 6.67. The van der Waals surface area contributed by atoms with Crippen molar-refractivity contribution in [1.29, 1.82) is 0 Å². The van der Waals surface area contributed by atoms with Crippen molar-refractivity contribution in [2.75, 3.05) is 17.2 Å². The topological polar surface area (TPSA) is 42.1 Å². The molecular weight excluding hydrogens is 231 g/mol. The van der Waals surface area contributed by atoms with E-state index in [0.717, 1.165) is 12.8 Å². The number of nitrogens with zero attached hydrogens (tertiary/aromatic N) is 2. The highest BCUT2D eigenvalue weighted by molar-refractivity contribution is 5.64. The van der Waals surface area contributed by atoms with Crippen LogP contribution in [0.15, 0.2) is 12.1 Å². The summed E-state index contributed by atoms with van der Waals surface area (Å²) >= 11 is 0. The average molecular weight is 245 g/mol. The highest BCUT2D eigenvalue weighted by Crippen LogP contribution is 2.35. The summed E-state index contributed by atoms with van der Waals surface area (Å²) in [5.74, 6) is 0.254. The van der Waals surface area contributed by atoms with Gasteiger partial charge in [-0.15, -0.1) is 0 Å². The van der Waals surface area contributed by atoms with E-state index >= 15 is 0 Å². The van der Waals surface area contributed by atoms with E-state index < -0.39 is 12.7 Å². The van der Waals surface area contributed by atoms with Gasteiger partial charge in [-0.25, -0.2) is 4.98 Å². The second-order valence-corrected chi connectivity index (χ2v) is 4.34. The summed E-state index contributed by atoms with van der Waals surface area (Å²) in [7, 11) is 0. The van der Waals surface area contributed by atoms with Gasteiger partial charge in [-0.05, 0) is 31.9 Å². The van der Waals surface area contributed by atoms with Crippen molar-refractivity contribution in [2.45, 2.75) is 32.0 Å². The van der Waals surface area contributed by atoms with E-state index in [-0.39, 0.29) is 11.9 Å². The van der Waals surface area contributed by atoms with Crippen LogP contribution < -0.4 is 10.6 Å². The molecule has 0 spiro atoms. The highest BCUT2D eigenvalue weighted by Gasteiger charge is 2.39. The van der Waals surface area contributed by atoms with Crippen LogP contribution in [-0.4, -0.2) is 23.7 Å². The number of rotatable bonds is 3. The van der Waals surface area contributed by atoms with Gasteiger partial charge in [0.1, 0.15) is 6.54 Å². The van der Waals surface area contributed by atoms with Crippen molar-refractivity contribution in [1.82, 2.24) is 4.98 Å². The number of anilines is 2. The standard InChI is InChI=1S/C11H14F3N3/c1-7-2-5-9(15)10(16-7)17(8-3-4-8)6-11(12,13)14/h2,5,8H,3-4,6,15H2,1H3. The molecule has 17 heavy (non-hydrogen) atoms. The lowest BCUT2D eigenvalue weighted by Crippen LogP contribution is -2.37. The summed E-state index contributed by atoms with van der Waals surface area (Å²) in [6.45, 7) is 0.750. The number of alkyl halides is 3. The van der Waals surface area contributed by atoms with Crippen molar-refractivity contribution in [3.63, 3.8) is 0 Å². The maximum Gasteiger partial charge on any atom is 0.405 e. The van der Waals surface area contributed by atoms with Gasteiger partial charge in [0.15, 0.2) is 5.82 Å². The fourth-order valence-corrected chi connectivity index (χ4v) is 1.74. The van der Waals surface area contributed by atoms with Gasteiger partial charge in [0.05, 0.1) is 5.69 Å². The number of pyridine rings is 1. The number of nitrogen functional groups attached to an aromatic ring is 1. The number of halogens is 3. The molecule has 94 valence electrons. The lowest BCUT2D eigenvalue weighted by atomic mass is 10.3. The van der Waals surface area contributed by atoms with E-state index in [2.05, 4.69) is 4.98 Å². The number of nitrogens with two attached hydrogens (primary N) is 1. The molecular formula is C11H14F3N3. The fourth-order valence-electron chi connectivity index (χ4n) is 1.74. The van der Waals surface area contributed by atoms with E-state index in [9.17, 15) is 13.2 Å². The largest absolute Gasteiger partial charge is 0.405 e. The molecule has 0 aromatic carbocycles. The lowest BCUT2D eigenvalue weighted by Gasteiger charge is -2.26. The molecule has 0 amide bonds. The Kier molecular flexibility index (Phi) is 2.89. The second kappa shape index (κ2) is 4.09. The Hall–Kier alpha value is -1.46. The highest BCUT2D eigenvalue weighted by atomic mass is 19.4. The zero-order chi connectivity index (χ0) is 12.6. The molecule has 1 fully saturated rings. The summed E-state index contributed by atoms with van der Waals surface area (Å²) < 4.78 is 37.5. The van der Waals surface area contributed by atoms with Gasteiger partial charge < -0.3 is 10.6 Å². The lowest BCUT2D eigenvalue weighted by molar-refractivity contribution is -0.120. The smallest absolute Gasteiger partial charge is 0.396 e. The van der Waals surface area contributed by atoms with Crippen LogP contribution in [0.4, 0.5) is 24.7 Å². The molecule has 1 aliphatic rings. The van der Waals surface area contributed by atoms with Crippen molar-refractivity contribution in [3.05, 3.63) is 17.8 Å². The van der Waals surface area contributed by atoms with Gasteiger partial charge in [0, 0.05) is 11.7 Å². The van der Waals surface area contributed by atoms with Crippen LogP contribution in [0.2, 0.25) is 0 Å². The predicted molar refractivity (Wildman–Crippen MR) is 59.8 cm³/mol. The fraction of sp³-hybridized carbons (Fsp3) is 0.545. The zero-order valence-corrected chi connectivity index (χ0v) is 9.46. The van der Waals surface area contributed by atoms with E-state index in [1.54, 1.807) is 19.1 Å². The first-order valence-corrected chi connectivity index (χ1v) is 5.43. The molecule has 0 atom stereocenters. The van der Waals surface area contributed by atoms with Crippen LogP contribution in [0.25, 0.3) is 0 Å². The summed E-state index contributed by atoms with van der Waals surface area (Å²) in [4.78, 5) is 5.39. The summed E-state index contributed by atoms with van der Waals surface area (Å²) in [6, 6.07) is 3.22. The van der Waals surface area contributed by atoms with Crippen LogP contribution in [0.1, 0.15) is 18.5 Å². The van der Waals surface area contributed by atoms with Crippen LogP contribution >= 0.6 is 0 Å². The molecule has 0 radical (unpaired) electrons. The molecule has 0 aliphatic heterocycles. The minimum atomic E-state index is -4.24. The van der Waals surface area contributed by atoms with Gasteiger partial charge in [0.2, 0.25) is 0 Å². The van der Waals surface area contributed by atoms with Gasteiger partial charge in [-0.3, -0.25) is 0 Å². The Labute approximate surface area is 97.4 Å². The number of aryl methyl sites for hydroxylation is 1. The molecule has 1 aliphatic carbocycles. The second-order valence-electron chi connectivity index (χ2n) is 4.34. The Morgan fingerprint density at radius 2 is 2.06 bits per heavy atom.